The van der Waals surface area contributed by atoms with Crippen LogP contribution in [-0.4, -0.2) is 35.5 Å². The zero-order valence-corrected chi connectivity index (χ0v) is 13.4. The number of aromatic nitrogens is 4. The number of H-pyrrole nitrogens is 1. The smallest absolute Gasteiger partial charge is 0.179 e. The molecule has 0 aliphatic rings. The Labute approximate surface area is 120 Å². The minimum atomic E-state index is -0.845. The van der Waals surface area contributed by atoms with Crippen LogP contribution in [-0.2, 0) is 24.3 Å². The SMILES string of the molecule is CCCc1nn(C)c2c1[nH]c(=S)n2C(C)CS(C)=O. The first-order valence-corrected chi connectivity index (χ1v) is 8.55. The maximum absolute atomic E-state index is 11.4. The van der Waals surface area contributed by atoms with Gasteiger partial charge in [-0.15, -0.1) is 0 Å². The molecule has 0 amide bonds. The Morgan fingerprint density at radius 2 is 2.21 bits per heavy atom. The zero-order valence-electron chi connectivity index (χ0n) is 11.8. The molecule has 106 valence electrons. The summed E-state index contributed by atoms with van der Waals surface area (Å²) in [6, 6.07) is 0.0944. The summed E-state index contributed by atoms with van der Waals surface area (Å²) >= 11 is 5.41. The minimum Gasteiger partial charge on any atom is -0.328 e. The van der Waals surface area contributed by atoms with Gasteiger partial charge in [0.15, 0.2) is 10.4 Å². The molecule has 19 heavy (non-hydrogen) atoms. The Bertz CT molecular complexity index is 667. The number of hydrogen-bond donors (Lipinski definition) is 1. The highest BCUT2D eigenvalue weighted by atomic mass is 32.2. The van der Waals surface area contributed by atoms with Crippen LogP contribution in [0.25, 0.3) is 11.2 Å². The number of fused-ring (bicyclic) bond motifs is 1. The molecule has 2 atom stereocenters. The highest BCUT2D eigenvalue weighted by molar-refractivity contribution is 7.84. The van der Waals surface area contributed by atoms with Crippen molar-refractivity contribution in [2.24, 2.45) is 7.05 Å². The number of rotatable bonds is 5. The van der Waals surface area contributed by atoms with Crippen LogP contribution < -0.4 is 0 Å². The summed E-state index contributed by atoms with van der Waals surface area (Å²) in [7, 11) is 1.08. The van der Waals surface area contributed by atoms with Gasteiger partial charge in [0.05, 0.1) is 5.69 Å². The molecule has 0 radical (unpaired) electrons. The predicted octanol–water partition coefficient (Wildman–Crippen LogP) is 2.32. The molecule has 0 fully saturated rings. The molecule has 7 heteroatoms. The molecule has 1 N–H and O–H groups in total. The van der Waals surface area contributed by atoms with Gasteiger partial charge in [0.2, 0.25) is 0 Å². The highest BCUT2D eigenvalue weighted by Crippen LogP contribution is 2.22. The van der Waals surface area contributed by atoms with E-state index in [-0.39, 0.29) is 6.04 Å². The second-order valence-corrected chi connectivity index (χ2v) is 6.77. The fourth-order valence-corrected chi connectivity index (χ4v) is 3.67. The van der Waals surface area contributed by atoms with Crippen LogP contribution in [0, 0.1) is 4.77 Å². The molecule has 0 spiro atoms. The number of nitrogens with one attached hydrogen (secondary N) is 1. The molecule has 0 aliphatic heterocycles. The number of hydrogen-bond acceptors (Lipinski definition) is 3. The Balaban J connectivity index is 2.58. The summed E-state index contributed by atoms with van der Waals surface area (Å²) in [5, 5.41) is 4.55. The molecule has 2 aromatic heterocycles. The van der Waals surface area contributed by atoms with Crippen LogP contribution in [0.15, 0.2) is 0 Å². The van der Waals surface area contributed by atoms with Crippen molar-refractivity contribution in [3.63, 3.8) is 0 Å². The number of aromatic amines is 1. The summed E-state index contributed by atoms with van der Waals surface area (Å²) in [6.07, 6.45) is 3.70. The predicted molar refractivity (Wildman–Crippen MR) is 81.5 cm³/mol. The third-order valence-electron chi connectivity index (χ3n) is 3.17. The number of imidazole rings is 1. The Morgan fingerprint density at radius 1 is 1.53 bits per heavy atom. The largest absolute Gasteiger partial charge is 0.328 e. The van der Waals surface area contributed by atoms with E-state index in [4.69, 9.17) is 12.2 Å². The third kappa shape index (κ3) is 2.67. The van der Waals surface area contributed by atoms with Gasteiger partial charge in [0.1, 0.15) is 5.52 Å². The minimum absolute atomic E-state index is 0.0944. The van der Waals surface area contributed by atoms with E-state index < -0.39 is 10.8 Å². The Hall–Kier alpha value is -0.950. The standard InChI is InChI=1S/C12H20N4OS2/c1-5-6-9-10-11(15(3)14-9)16(12(18)13-10)8(2)7-19(4)17/h8H,5-7H2,1-4H3,(H,13,18). The summed E-state index contributed by atoms with van der Waals surface area (Å²) < 4.78 is 16.0. The third-order valence-corrected chi connectivity index (χ3v) is 4.42. The molecule has 2 heterocycles. The fourth-order valence-electron chi connectivity index (χ4n) is 2.47. The van der Waals surface area contributed by atoms with Crippen molar-refractivity contribution in [3.05, 3.63) is 10.5 Å². The maximum Gasteiger partial charge on any atom is 0.179 e. The van der Waals surface area contributed by atoms with Gasteiger partial charge in [-0.3, -0.25) is 13.5 Å². The molecule has 0 bridgehead atoms. The van der Waals surface area contributed by atoms with Crippen LogP contribution >= 0.6 is 12.2 Å². The molecule has 2 rings (SSSR count). The molecule has 0 saturated heterocycles. The summed E-state index contributed by atoms with van der Waals surface area (Å²) in [5.41, 5.74) is 3.06. The van der Waals surface area contributed by atoms with Crippen LogP contribution in [0.5, 0.6) is 0 Å². The molecule has 0 aliphatic carbocycles. The maximum atomic E-state index is 11.4. The zero-order chi connectivity index (χ0) is 14.2. The quantitative estimate of drug-likeness (QED) is 0.862. The van der Waals surface area contributed by atoms with Crippen molar-refractivity contribution in [3.8, 4) is 0 Å². The van der Waals surface area contributed by atoms with Gasteiger partial charge >= 0.3 is 0 Å². The van der Waals surface area contributed by atoms with Crippen LogP contribution in [0.3, 0.4) is 0 Å². The summed E-state index contributed by atoms with van der Waals surface area (Å²) in [4.78, 5) is 3.25. The molecule has 2 aromatic rings. The van der Waals surface area contributed by atoms with Crippen LogP contribution in [0.2, 0.25) is 0 Å². The van der Waals surface area contributed by atoms with Crippen molar-refractivity contribution in [2.45, 2.75) is 32.7 Å². The van der Waals surface area contributed by atoms with E-state index in [1.54, 1.807) is 6.26 Å². The molecule has 0 aromatic carbocycles. The molecular weight excluding hydrogens is 280 g/mol. The fraction of sp³-hybridized carbons (Fsp3) is 0.667. The van der Waals surface area contributed by atoms with E-state index in [9.17, 15) is 4.21 Å². The highest BCUT2D eigenvalue weighted by Gasteiger charge is 2.18. The molecule has 2 unspecified atom stereocenters. The first-order chi connectivity index (χ1) is 8.95. The first-order valence-electron chi connectivity index (χ1n) is 6.41. The van der Waals surface area contributed by atoms with Crippen molar-refractivity contribution >= 4 is 34.2 Å². The van der Waals surface area contributed by atoms with Gasteiger partial charge in [-0.25, -0.2) is 0 Å². The van der Waals surface area contributed by atoms with Gasteiger partial charge < -0.3 is 4.98 Å². The summed E-state index contributed by atoms with van der Waals surface area (Å²) in [5.74, 6) is 0.593. The van der Waals surface area contributed by atoms with E-state index in [1.165, 1.54) is 0 Å². The Morgan fingerprint density at radius 3 is 2.79 bits per heavy atom. The van der Waals surface area contributed by atoms with Gasteiger partial charge in [-0.1, -0.05) is 13.3 Å². The van der Waals surface area contributed by atoms with E-state index in [2.05, 4.69) is 17.0 Å². The van der Waals surface area contributed by atoms with Gasteiger partial charge in [-0.2, -0.15) is 5.10 Å². The number of aryl methyl sites for hydroxylation is 2. The lowest BCUT2D eigenvalue weighted by atomic mass is 10.2. The van der Waals surface area contributed by atoms with Crippen molar-refractivity contribution in [1.82, 2.24) is 19.3 Å². The van der Waals surface area contributed by atoms with E-state index >= 15 is 0 Å². The van der Waals surface area contributed by atoms with Crippen molar-refractivity contribution in [2.75, 3.05) is 12.0 Å². The van der Waals surface area contributed by atoms with Gasteiger partial charge in [0.25, 0.3) is 0 Å². The lowest BCUT2D eigenvalue weighted by Gasteiger charge is -2.12. The molecule has 5 nitrogen and oxygen atoms in total. The van der Waals surface area contributed by atoms with Gasteiger partial charge in [0, 0.05) is 35.9 Å². The van der Waals surface area contributed by atoms with Crippen molar-refractivity contribution < 1.29 is 4.21 Å². The second-order valence-electron chi connectivity index (χ2n) is 4.91. The topological polar surface area (TPSA) is 55.6 Å². The first kappa shape index (κ1) is 14.5. The van der Waals surface area contributed by atoms with E-state index in [0.29, 0.717) is 10.5 Å². The average molecular weight is 300 g/mol. The number of nitrogens with zero attached hydrogens (tertiary/aromatic N) is 3. The van der Waals surface area contributed by atoms with Crippen LogP contribution in [0.4, 0.5) is 0 Å². The molecule has 0 saturated carbocycles. The lowest BCUT2D eigenvalue weighted by molar-refractivity contribution is 0.585. The monoisotopic (exact) mass is 300 g/mol. The second kappa shape index (κ2) is 5.58. The summed E-state index contributed by atoms with van der Waals surface area (Å²) in [6.45, 7) is 4.17. The van der Waals surface area contributed by atoms with E-state index in [0.717, 1.165) is 29.7 Å². The lowest BCUT2D eigenvalue weighted by Crippen LogP contribution is -2.14. The molecular formula is C12H20N4OS2. The van der Waals surface area contributed by atoms with E-state index in [1.807, 2.05) is 23.2 Å². The van der Waals surface area contributed by atoms with Gasteiger partial charge in [-0.05, 0) is 25.6 Å². The van der Waals surface area contributed by atoms with Crippen molar-refractivity contribution in [1.29, 1.82) is 0 Å². The normalized spacial score (nSPS) is 14.9. The van der Waals surface area contributed by atoms with Crippen LogP contribution in [0.1, 0.15) is 32.0 Å². The average Bonchev–Trinajstić information content (AvgIpc) is 2.77. The Kier molecular flexibility index (Phi) is 4.25.